The van der Waals surface area contributed by atoms with Crippen LogP contribution in [0, 0.1) is 0 Å². The van der Waals surface area contributed by atoms with E-state index in [1.807, 2.05) is 13.0 Å². The van der Waals surface area contributed by atoms with Gasteiger partial charge in [0.25, 0.3) is 0 Å². The summed E-state index contributed by atoms with van der Waals surface area (Å²) in [5, 5.41) is 8.53. The Hall–Kier alpha value is -0.950. The Labute approximate surface area is 120 Å². The van der Waals surface area contributed by atoms with Crippen LogP contribution in [0.5, 0.6) is 0 Å². The summed E-state index contributed by atoms with van der Waals surface area (Å²) in [6.45, 7) is 3.74. The molecule has 6 heteroatoms. The molecule has 1 saturated heterocycles. The molecule has 112 valence electrons. The van der Waals surface area contributed by atoms with E-state index in [0.29, 0.717) is 6.10 Å². The zero-order valence-electron chi connectivity index (χ0n) is 11.7. The fourth-order valence-corrected chi connectivity index (χ4v) is 2.98. The van der Waals surface area contributed by atoms with Crippen molar-refractivity contribution in [3.05, 3.63) is 29.8 Å². The second kappa shape index (κ2) is 6.67. The Bertz CT molecular complexity index is 539. The van der Waals surface area contributed by atoms with E-state index < -0.39 is 10.0 Å². The fourth-order valence-electron chi connectivity index (χ4n) is 2.41. The lowest BCUT2D eigenvalue weighted by Gasteiger charge is -2.16. The summed E-state index contributed by atoms with van der Waals surface area (Å²) < 4.78 is 28.2. The van der Waals surface area contributed by atoms with Gasteiger partial charge in [-0.15, -0.1) is 0 Å². The first-order valence-corrected chi connectivity index (χ1v) is 8.49. The molecule has 1 heterocycles. The van der Waals surface area contributed by atoms with Gasteiger partial charge in [-0.05, 0) is 50.4 Å². The zero-order valence-corrected chi connectivity index (χ0v) is 12.5. The molecule has 1 aliphatic heterocycles. The second-order valence-electron chi connectivity index (χ2n) is 5.22. The number of hydrogen-bond donors (Lipinski definition) is 2. The van der Waals surface area contributed by atoms with E-state index in [2.05, 4.69) is 5.32 Å². The number of primary sulfonamides is 1. The predicted molar refractivity (Wildman–Crippen MR) is 77.8 cm³/mol. The topological polar surface area (TPSA) is 81.4 Å². The van der Waals surface area contributed by atoms with Crippen LogP contribution in [-0.2, 0) is 14.8 Å². The van der Waals surface area contributed by atoms with Gasteiger partial charge in [-0.25, -0.2) is 13.6 Å². The van der Waals surface area contributed by atoms with Crippen LogP contribution in [0.3, 0.4) is 0 Å². The van der Waals surface area contributed by atoms with E-state index in [1.54, 1.807) is 12.1 Å². The van der Waals surface area contributed by atoms with E-state index in [0.717, 1.165) is 38.0 Å². The van der Waals surface area contributed by atoms with Crippen molar-refractivity contribution < 1.29 is 13.2 Å². The summed E-state index contributed by atoms with van der Waals surface area (Å²) in [4.78, 5) is 0.155. The van der Waals surface area contributed by atoms with Crippen molar-refractivity contribution in [2.75, 3.05) is 13.2 Å². The maximum absolute atomic E-state index is 11.3. The molecule has 0 aliphatic carbocycles. The molecule has 0 saturated carbocycles. The molecule has 1 aromatic rings. The van der Waals surface area contributed by atoms with Gasteiger partial charge >= 0.3 is 0 Å². The van der Waals surface area contributed by atoms with Gasteiger partial charge in [-0.2, -0.15) is 0 Å². The quantitative estimate of drug-likeness (QED) is 0.835. The number of benzene rings is 1. The van der Waals surface area contributed by atoms with E-state index >= 15 is 0 Å². The molecule has 20 heavy (non-hydrogen) atoms. The molecule has 0 bridgehead atoms. The van der Waals surface area contributed by atoms with E-state index in [9.17, 15) is 8.42 Å². The Morgan fingerprint density at radius 1 is 1.50 bits per heavy atom. The number of hydrogen-bond acceptors (Lipinski definition) is 4. The first kappa shape index (κ1) is 15.4. The van der Waals surface area contributed by atoms with E-state index in [1.165, 1.54) is 6.07 Å². The molecule has 5 nitrogen and oxygen atoms in total. The molecule has 2 unspecified atom stereocenters. The Balaban J connectivity index is 1.90. The summed E-state index contributed by atoms with van der Waals surface area (Å²) in [6.07, 6.45) is 3.64. The van der Waals surface area contributed by atoms with Crippen LogP contribution in [0.15, 0.2) is 29.2 Å². The third-order valence-corrected chi connectivity index (χ3v) is 4.54. The number of nitrogens with one attached hydrogen (secondary N) is 1. The monoisotopic (exact) mass is 298 g/mol. The van der Waals surface area contributed by atoms with Crippen LogP contribution < -0.4 is 10.5 Å². The summed E-state index contributed by atoms with van der Waals surface area (Å²) >= 11 is 0. The van der Waals surface area contributed by atoms with Gasteiger partial charge in [0.1, 0.15) is 0 Å². The minimum atomic E-state index is -3.64. The van der Waals surface area contributed by atoms with Crippen LogP contribution in [0.25, 0.3) is 0 Å². The lowest BCUT2D eigenvalue weighted by molar-refractivity contribution is 0.103. The van der Waals surface area contributed by atoms with Crippen molar-refractivity contribution in [2.24, 2.45) is 5.14 Å². The Morgan fingerprint density at radius 3 is 2.95 bits per heavy atom. The summed E-state index contributed by atoms with van der Waals surface area (Å²) in [6, 6.07) is 6.83. The maximum Gasteiger partial charge on any atom is 0.238 e. The lowest BCUT2D eigenvalue weighted by atomic mass is 10.1. The molecule has 0 aromatic heterocycles. The molecule has 1 aromatic carbocycles. The molecule has 2 atom stereocenters. The fraction of sp³-hybridized carbons (Fsp3) is 0.571. The van der Waals surface area contributed by atoms with Gasteiger partial charge in [0.2, 0.25) is 10.0 Å². The molecule has 0 amide bonds. The molecular weight excluding hydrogens is 276 g/mol. The first-order chi connectivity index (χ1) is 9.47. The van der Waals surface area contributed by atoms with Crippen molar-refractivity contribution in [1.82, 2.24) is 5.32 Å². The summed E-state index contributed by atoms with van der Waals surface area (Å²) in [7, 11) is -3.64. The highest BCUT2D eigenvalue weighted by atomic mass is 32.2. The summed E-state index contributed by atoms with van der Waals surface area (Å²) in [5.41, 5.74) is 0.920. The van der Waals surface area contributed by atoms with Crippen molar-refractivity contribution >= 4 is 10.0 Å². The van der Waals surface area contributed by atoms with Crippen LogP contribution in [0.4, 0.5) is 0 Å². The van der Waals surface area contributed by atoms with Crippen LogP contribution in [-0.4, -0.2) is 27.7 Å². The Kier molecular flexibility index (Phi) is 5.15. The van der Waals surface area contributed by atoms with Gasteiger partial charge in [0.05, 0.1) is 11.0 Å². The molecule has 0 spiro atoms. The van der Waals surface area contributed by atoms with Gasteiger partial charge < -0.3 is 10.1 Å². The van der Waals surface area contributed by atoms with Crippen LogP contribution >= 0.6 is 0 Å². The number of rotatable bonds is 6. The zero-order chi connectivity index (χ0) is 14.6. The minimum absolute atomic E-state index is 0.0816. The van der Waals surface area contributed by atoms with Gasteiger partial charge in [-0.3, -0.25) is 0 Å². The highest BCUT2D eigenvalue weighted by Crippen LogP contribution is 2.18. The first-order valence-electron chi connectivity index (χ1n) is 6.94. The SMILES string of the molecule is CC(NCCC1CCCO1)c1cccc(S(N)(=O)=O)c1. The van der Waals surface area contributed by atoms with Gasteiger partial charge in [-0.1, -0.05) is 12.1 Å². The maximum atomic E-state index is 11.3. The standard InChI is InChI=1S/C14H22N2O3S/c1-11(16-8-7-13-5-3-9-19-13)12-4-2-6-14(10-12)20(15,17)18/h2,4,6,10-11,13,16H,3,5,7-9H2,1H3,(H2,15,17,18). The van der Waals surface area contributed by atoms with Crippen molar-refractivity contribution in [2.45, 2.75) is 43.2 Å². The highest BCUT2D eigenvalue weighted by molar-refractivity contribution is 7.89. The van der Waals surface area contributed by atoms with Gasteiger partial charge in [0, 0.05) is 12.6 Å². The van der Waals surface area contributed by atoms with E-state index in [-0.39, 0.29) is 10.9 Å². The average Bonchev–Trinajstić information content (AvgIpc) is 2.91. The largest absolute Gasteiger partial charge is 0.378 e. The smallest absolute Gasteiger partial charge is 0.238 e. The molecule has 1 aliphatic rings. The molecule has 1 fully saturated rings. The van der Waals surface area contributed by atoms with Crippen molar-refractivity contribution in [1.29, 1.82) is 0 Å². The number of ether oxygens (including phenoxy) is 1. The van der Waals surface area contributed by atoms with Gasteiger partial charge in [0.15, 0.2) is 0 Å². The normalized spacial score (nSPS) is 21.0. The average molecular weight is 298 g/mol. The molecular formula is C14H22N2O3S. The van der Waals surface area contributed by atoms with Crippen molar-refractivity contribution in [3.63, 3.8) is 0 Å². The molecule has 2 rings (SSSR count). The van der Waals surface area contributed by atoms with Crippen molar-refractivity contribution in [3.8, 4) is 0 Å². The Morgan fingerprint density at radius 2 is 2.30 bits per heavy atom. The third kappa shape index (κ3) is 4.28. The van der Waals surface area contributed by atoms with Crippen LogP contribution in [0.2, 0.25) is 0 Å². The number of sulfonamides is 1. The predicted octanol–water partition coefficient (Wildman–Crippen LogP) is 1.55. The minimum Gasteiger partial charge on any atom is -0.378 e. The van der Waals surface area contributed by atoms with Crippen LogP contribution in [0.1, 0.15) is 37.8 Å². The summed E-state index contributed by atoms with van der Waals surface area (Å²) in [5.74, 6) is 0. The second-order valence-corrected chi connectivity index (χ2v) is 6.78. The molecule has 3 N–H and O–H groups in total. The van der Waals surface area contributed by atoms with E-state index in [4.69, 9.17) is 9.88 Å². The lowest BCUT2D eigenvalue weighted by Crippen LogP contribution is -2.23. The molecule has 0 radical (unpaired) electrons. The third-order valence-electron chi connectivity index (χ3n) is 3.63. The highest BCUT2D eigenvalue weighted by Gasteiger charge is 2.16. The number of nitrogens with two attached hydrogens (primary N) is 1.